The average molecular weight is 374 g/mol. The van der Waals surface area contributed by atoms with Crippen LogP contribution < -0.4 is 5.32 Å². The van der Waals surface area contributed by atoms with Crippen LogP contribution in [0.5, 0.6) is 0 Å². The SMILES string of the molecule is CC(C)(C)OC(=O)NC(COS(C)(=O)=O)Cc1ccc([N+](=O)[O-])cc1. The molecule has 0 saturated heterocycles. The molecular formula is C15H22N2O7S. The molecule has 0 aromatic heterocycles. The number of carbonyl (C=O) groups excluding carboxylic acids is 1. The van der Waals surface area contributed by atoms with Crippen molar-refractivity contribution in [3.63, 3.8) is 0 Å². The molecule has 0 bridgehead atoms. The maximum Gasteiger partial charge on any atom is 0.407 e. The quantitative estimate of drug-likeness (QED) is 0.439. The van der Waals surface area contributed by atoms with Crippen molar-refractivity contribution in [3.8, 4) is 0 Å². The van der Waals surface area contributed by atoms with E-state index in [0.29, 0.717) is 5.56 Å². The highest BCUT2D eigenvalue weighted by atomic mass is 32.2. The Hall–Kier alpha value is -2.20. The van der Waals surface area contributed by atoms with Crippen LogP contribution in [0, 0.1) is 10.1 Å². The largest absolute Gasteiger partial charge is 0.444 e. The fourth-order valence-corrected chi connectivity index (χ4v) is 2.28. The van der Waals surface area contributed by atoms with Crippen LogP contribution >= 0.6 is 0 Å². The molecule has 0 spiro atoms. The molecule has 140 valence electrons. The van der Waals surface area contributed by atoms with E-state index in [2.05, 4.69) is 5.32 Å². The molecule has 1 atom stereocenters. The number of nitrogens with one attached hydrogen (secondary N) is 1. The number of hydrogen-bond acceptors (Lipinski definition) is 7. The van der Waals surface area contributed by atoms with Crippen LogP contribution in [0.25, 0.3) is 0 Å². The molecule has 1 rings (SSSR count). The Kier molecular flexibility index (Phi) is 6.88. The van der Waals surface area contributed by atoms with Gasteiger partial charge >= 0.3 is 6.09 Å². The van der Waals surface area contributed by atoms with E-state index in [9.17, 15) is 23.3 Å². The van der Waals surface area contributed by atoms with Crippen LogP contribution in [-0.2, 0) is 25.5 Å². The highest BCUT2D eigenvalue weighted by Gasteiger charge is 2.21. The summed E-state index contributed by atoms with van der Waals surface area (Å²) in [6, 6.07) is 5.03. The molecule has 0 aliphatic carbocycles. The normalized spacial score (nSPS) is 13.1. The van der Waals surface area contributed by atoms with Gasteiger partial charge < -0.3 is 10.1 Å². The van der Waals surface area contributed by atoms with Gasteiger partial charge in [-0.05, 0) is 32.8 Å². The maximum absolute atomic E-state index is 11.9. The van der Waals surface area contributed by atoms with Gasteiger partial charge in [0, 0.05) is 12.1 Å². The smallest absolute Gasteiger partial charge is 0.407 e. The monoisotopic (exact) mass is 374 g/mol. The summed E-state index contributed by atoms with van der Waals surface area (Å²) in [7, 11) is -3.68. The van der Waals surface area contributed by atoms with Gasteiger partial charge in [0.1, 0.15) is 5.60 Å². The van der Waals surface area contributed by atoms with Crippen molar-refractivity contribution in [1.29, 1.82) is 0 Å². The first-order chi connectivity index (χ1) is 11.4. The second kappa shape index (κ2) is 8.26. The van der Waals surface area contributed by atoms with Crippen LogP contribution in [0.4, 0.5) is 10.5 Å². The lowest BCUT2D eigenvalue weighted by Gasteiger charge is -2.23. The highest BCUT2D eigenvalue weighted by Crippen LogP contribution is 2.14. The zero-order chi connectivity index (χ0) is 19.3. The molecule has 1 aromatic rings. The van der Waals surface area contributed by atoms with Gasteiger partial charge in [0.15, 0.2) is 0 Å². The molecule has 0 saturated carbocycles. The van der Waals surface area contributed by atoms with Gasteiger partial charge in [-0.3, -0.25) is 14.3 Å². The number of non-ortho nitro benzene ring substituents is 1. The van der Waals surface area contributed by atoms with E-state index in [1.165, 1.54) is 24.3 Å². The van der Waals surface area contributed by atoms with Crippen LogP contribution in [-0.4, -0.2) is 43.9 Å². The maximum atomic E-state index is 11.9. The van der Waals surface area contributed by atoms with E-state index in [4.69, 9.17) is 8.92 Å². The number of rotatable bonds is 7. The minimum Gasteiger partial charge on any atom is -0.444 e. The van der Waals surface area contributed by atoms with E-state index in [1.807, 2.05) is 0 Å². The second-order valence-corrected chi connectivity index (χ2v) is 8.10. The summed E-state index contributed by atoms with van der Waals surface area (Å²) in [4.78, 5) is 22.0. The predicted molar refractivity (Wildman–Crippen MR) is 90.8 cm³/mol. The number of nitro benzene ring substituents is 1. The summed E-state index contributed by atoms with van der Waals surface area (Å²) in [5.41, 5.74) is -0.101. The first-order valence-corrected chi connectivity index (χ1v) is 9.24. The van der Waals surface area contributed by atoms with Crippen molar-refractivity contribution in [2.24, 2.45) is 0 Å². The summed E-state index contributed by atoms with van der Waals surface area (Å²) >= 11 is 0. The minimum atomic E-state index is -3.68. The Balaban J connectivity index is 2.82. The van der Waals surface area contributed by atoms with E-state index in [0.717, 1.165) is 6.26 Å². The van der Waals surface area contributed by atoms with E-state index in [1.54, 1.807) is 20.8 Å². The molecule has 0 radical (unpaired) electrons. The van der Waals surface area contributed by atoms with Crippen molar-refractivity contribution in [2.75, 3.05) is 12.9 Å². The topological polar surface area (TPSA) is 125 Å². The van der Waals surface area contributed by atoms with E-state index < -0.39 is 32.8 Å². The second-order valence-electron chi connectivity index (χ2n) is 6.46. The van der Waals surface area contributed by atoms with Crippen LogP contribution in [0.3, 0.4) is 0 Å². The third kappa shape index (κ3) is 9.01. The van der Waals surface area contributed by atoms with Crippen molar-refractivity contribution in [3.05, 3.63) is 39.9 Å². The number of carbonyl (C=O) groups is 1. The Bertz CT molecular complexity index is 708. The standard InChI is InChI=1S/C15H22N2O7S/c1-15(2,3)24-14(18)16-12(10-23-25(4,21)22)9-11-5-7-13(8-6-11)17(19)20/h5-8,12H,9-10H2,1-4H3,(H,16,18). The highest BCUT2D eigenvalue weighted by molar-refractivity contribution is 7.85. The fraction of sp³-hybridized carbons (Fsp3) is 0.533. The molecule has 1 amide bonds. The molecule has 0 aliphatic heterocycles. The predicted octanol–water partition coefficient (Wildman–Crippen LogP) is 2.01. The van der Waals surface area contributed by atoms with Gasteiger partial charge in [-0.15, -0.1) is 0 Å². The van der Waals surface area contributed by atoms with Gasteiger partial charge in [0.05, 0.1) is 23.8 Å². The Morgan fingerprint density at radius 2 is 1.84 bits per heavy atom. The molecule has 9 nitrogen and oxygen atoms in total. The lowest BCUT2D eigenvalue weighted by atomic mass is 10.1. The fourth-order valence-electron chi connectivity index (χ4n) is 1.87. The summed E-state index contributed by atoms with van der Waals surface area (Å²) < 4.78 is 32.3. The van der Waals surface area contributed by atoms with Gasteiger partial charge in [-0.1, -0.05) is 12.1 Å². The van der Waals surface area contributed by atoms with Crippen molar-refractivity contribution in [1.82, 2.24) is 5.32 Å². The number of alkyl carbamates (subject to hydrolysis) is 1. The number of ether oxygens (including phenoxy) is 1. The average Bonchev–Trinajstić information content (AvgIpc) is 2.42. The lowest BCUT2D eigenvalue weighted by Crippen LogP contribution is -2.43. The third-order valence-electron chi connectivity index (χ3n) is 2.83. The third-order valence-corrected chi connectivity index (χ3v) is 3.40. The van der Waals surface area contributed by atoms with Crippen LogP contribution in [0.2, 0.25) is 0 Å². The molecule has 0 aliphatic rings. The Morgan fingerprint density at radius 3 is 2.28 bits per heavy atom. The lowest BCUT2D eigenvalue weighted by molar-refractivity contribution is -0.384. The van der Waals surface area contributed by atoms with Gasteiger partial charge in [-0.25, -0.2) is 4.79 Å². The van der Waals surface area contributed by atoms with Crippen LogP contribution in [0.1, 0.15) is 26.3 Å². The first-order valence-electron chi connectivity index (χ1n) is 7.43. The number of hydrogen-bond donors (Lipinski definition) is 1. The molecule has 1 aromatic carbocycles. The van der Waals surface area contributed by atoms with E-state index >= 15 is 0 Å². The Morgan fingerprint density at radius 1 is 1.28 bits per heavy atom. The molecule has 1 unspecified atom stereocenters. The van der Waals surface area contributed by atoms with Gasteiger partial charge in [0.2, 0.25) is 0 Å². The molecular weight excluding hydrogens is 352 g/mol. The van der Waals surface area contributed by atoms with E-state index in [-0.39, 0.29) is 18.7 Å². The molecule has 0 fully saturated rings. The number of nitro groups is 1. The number of benzene rings is 1. The summed E-state index contributed by atoms with van der Waals surface area (Å²) in [5.74, 6) is 0. The number of nitrogens with zero attached hydrogens (tertiary/aromatic N) is 1. The minimum absolute atomic E-state index is 0.0622. The number of amides is 1. The van der Waals surface area contributed by atoms with Crippen molar-refractivity contribution in [2.45, 2.75) is 38.8 Å². The van der Waals surface area contributed by atoms with Crippen molar-refractivity contribution >= 4 is 21.9 Å². The zero-order valence-corrected chi connectivity index (χ0v) is 15.3. The molecule has 25 heavy (non-hydrogen) atoms. The summed E-state index contributed by atoms with van der Waals surface area (Å²) in [5, 5.41) is 13.2. The summed E-state index contributed by atoms with van der Waals surface area (Å²) in [6.07, 6.45) is 0.410. The first kappa shape index (κ1) is 20.8. The molecule has 0 heterocycles. The zero-order valence-electron chi connectivity index (χ0n) is 14.5. The van der Waals surface area contributed by atoms with Crippen LogP contribution in [0.15, 0.2) is 24.3 Å². The Labute approximate surface area is 146 Å². The molecule has 1 N–H and O–H groups in total. The van der Waals surface area contributed by atoms with Crippen molar-refractivity contribution < 1.29 is 27.1 Å². The summed E-state index contributed by atoms with van der Waals surface area (Å²) in [6.45, 7) is 4.82. The van der Waals surface area contributed by atoms with Gasteiger partial charge in [0.25, 0.3) is 15.8 Å². The molecule has 10 heteroatoms. The van der Waals surface area contributed by atoms with Gasteiger partial charge in [-0.2, -0.15) is 8.42 Å².